The molecule has 0 aliphatic rings. The van der Waals surface area contributed by atoms with Gasteiger partial charge in [-0.3, -0.25) is 0 Å². The van der Waals surface area contributed by atoms with Gasteiger partial charge in [-0.25, -0.2) is 0 Å². The van der Waals surface area contributed by atoms with Gasteiger partial charge in [0.05, 0.1) is 0 Å². The van der Waals surface area contributed by atoms with Crippen molar-refractivity contribution in [2.45, 2.75) is 0 Å². The first-order valence-electron chi connectivity index (χ1n) is 4.32. The third-order valence-corrected chi connectivity index (χ3v) is 1.55. The van der Waals surface area contributed by atoms with Crippen LogP contribution in [0.15, 0.2) is 60.7 Å². The van der Waals surface area contributed by atoms with Crippen molar-refractivity contribution in [2.75, 3.05) is 0 Å². The fourth-order valence-electron chi connectivity index (χ4n) is 0.876. The fourth-order valence-corrected chi connectivity index (χ4v) is 0.876. The maximum Gasteiger partial charge on any atom is 2.00 e. The molecule has 0 radical (unpaired) electrons. The summed E-state index contributed by atoms with van der Waals surface area (Å²) in [6.45, 7) is 0. The fraction of sp³-hybridized carbons (Fsp3) is 0. The van der Waals surface area contributed by atoms with Crippen LogP contribution in [0.25, 0.3) is 11.5 Å². The summed E-state index contributed by atoms with van der Waals surface area (Å²) in [5.74, 6) is 0. The summed E-state index contributed by atoms with van der Waals surface area (Å²) >= 11 is 0. The Bertz CT molecular complexity index is 311. The zero-order valence-electron chi connectivity index (χ0n) is 8.48. The van der Waals surface area contributed by atoms with Crippen molar-refractivity contribution in [3.63, 3.8) is 0 Å². The third kappa shape index (κ3) is 6.97. The molecular weight excluding hydrogens is 373 g/mol. The molecular formula is C12H12HgN2. The van der Waals surface area contributed by atoms with Gasteiger partial charge in [-0.1, -0.05) is 60.7 Å². The van der Waals surface area contributed by atoms with E-state index >= 15 is 0 Å². The number of benzene rings is 2. The van der Waals surface area contributed by atoms with Crippen molar-refractivity contribution in [3.8, 4) is 0 Å². The Hall–Kier alpha value is -1.02. The molecule has 0 unspecified atom stereocenters. The van der Waals surface area contributed by atoms with Crippen LogP contribution in [0, 0.1) is 0 Å². The number of rotatable bonds is 0. The van der Waals surface area contributed by atoms with E-state index in [1.54, 1.807) is 24.3 Å². The van der Waals surface area contributed by atoms with Crippen LogP contribution in [0.3, 0.4) is 0 Å². The zero-order chi connectivity index (χ0) is 10.2. The van der Waals surface area contributed by atoms with E-state index in [0.717, 1.165) is 0 Å². The third-order valence-electron chi connectivity index (χ3n) is 1.55. The van der Waals surface area contributed by atoms with Crippen molar-refractivity contribution in [2.24, 2.45) is 0 Å². The summed E-state index contributed by atoms with van der Waals surface area (Å²) in [6.07, 6.45) is 0. The van der Waals surface area contributed by atoms with E-state index in [0.29, 0.717) is 11.4 Å². The van der Waals surface area contributed by atoms with E-state index in [9.17, 15) is 0 Å². The van der Waals surface area contributed by atoms with Gasteiger partial charge in [0, 0.05) is 0 Å². The average Bonchev–Trinajstić information content (AvgIpc) is 2.21. The number of hydrogen-bond acceptors (Lipinski definition) is 0. The Balaban J connectivity index is 0.000000245. The van der Waals surface area contributed by atoms with Crippen LogP contribution in [0.4, 0.5) is 11.4 Å². The summed E-state index contributed by atoms with van der Waals surface area (Å²) in [4.78, 5) is 0. The molecule has 15 heavy (non-hydrogen) atoms. The molecule has 0 heterocycles. The molecule has 2 N–H and O–H groups in total. The number of hydrogen-bond donors (Lipinski definition) is 0. The molecule has 0 aliphatic heterocycles. The molecule has 0 spiro atoms. The predicted octanol–water partition coefficient (Wildman–Crippen LogP) is 4.74. The maximum atomic E-state index is 7.00. The predicted molar refractivity (Wildman–Crippen MR) is 60.8 cm³/mol. The van der Waals surface area contributed by atoms with Crippen molar-refractivity contribution >= 4 is 11.4 Å². The van der Waals surface area contributed by atoms with Gasteiger partial charge in [0.15, 0.2) is 0 Å². The molecule has 0 fully saturated rings. The minimum Gasteiger partial charge on any atom is -0.699 e. The second kappa shape index (κ2) is 8.30. The van der Waals surface area contributed by atoms with Crippen molar-refractivity contribution in [3.05, 3.63) is 72.1 Å². The van der Waals surface area contributed by atoms with Gasteiger partial charge < -0.3 is 11.5 Å². The Morgan fingerprint density at radius 2 is 0.800 bits per heavy atom. The molecule has 0 aliphatic carbocycles. The van der Waals surface area contributed by atoms with Crippen molar-refractivity contribution in [1.82, 2.24) is 0 Å². The van der Waals surface area contributed by atoms with E-state index in [2.05, 4.69) is 0 Å². The van der Waals surface area contributed by atoms with Gasteiger partial charge in [0.25, 0.3) is 0 Å². The molecule has 72 valence electrons. The molecule has 2 aromatic rings. The van der Waals surface area contributed by atoms with Gasteiger partial charge >= 0.3 is 27.7 Å². The maximum absolute atomic E-state index is 7.00. The topological polar surface area (TPSA) is 47.6 Å². The summed E-state index contributed by atoms with van der Waals surface area (Å²) in [5.41, 5.74) is 15.1. The van der Waals surface area contributed by atoms with Crippen LogP contribution in [0.5, 0.6) is 0 Å². The Kier molecular flexibility index (Phi) is 7.73. The van der Waals surface area contributed by atoms with Gasteiger partial charge in [-0.2, -0.15) is 0 Å². The first kappa shape index (κ1) is 14.0. The van der Waals surface area contributed by atoms with Crippen LogP contribution < -0.4 is 0 Å². The van der Waals surface area contributed by atoms with E-state index in [1.807, 2.05) is 36.4 Å². The van der Waals surface area contributed by atoms with Gasteiger partial charge in [0.1, 0.15) is 0 Å². The van der Waals surface area contributed by atoms with Crippen LogP contribution in [-0.4, -0.2) is 0 Å². The minimum atomic E-state index is 0. The molecule has 0 atom stereocenters. The van der Waals surface area contributed by atoms with Gasteiger partial charge in [-0.15, -0.1) is 11.4 Å². The number of nitrogens with one attached hydrogen (secondary N) is 2. The summed E-state index contributed by atoms with van der Waals surface area (Å²) in [6, 6.07) is 18.2. The van der Waals surface area contributed by atoms with Gasteiger partial charge in [-0.05, 0) is 0 Å². The van der Waals surface area contributed by atoms with Crippen LogP contribution in [0.2, 0.25) is 0 Å². The summed E-state index contributed by atoms with van der Waals surface area (Å²) < 4.78 is 0. The molecule has 3 heteroatoms. The standard InChI is InChI=1S/2C6H6N.Hg/c2*7-6-4-2-1-3-5-6;/h2*1-5,7H;/q2*-1;+2. The second-order valence-corrected chi connectivity index (χ2v) is 2.73. The van der Waals surface area contributed by atoms with Crippen LogP contribution in [-0.2, 0) is 27.7 Å². The smallest absolute Gasteiger partial charge is 0.699 e. The Morgan fingerprint density at radius 3 is 0.933 bits per heavy atom. The normalized spacial score (nSPS) is 8.00. The molecule has 0 saturated carbocycles. The van der Waals surface area contributed by atoms with E-state index < -0.39 is 0 Å². The van der Waals surface area contributed by atoms with E-state index in [4.69, 9.17) is 11.5 Å². The van der Waals surface area contributed by atoms with Crippen molar-refractivity contribution < 1.29 is 27.7 Å². The van der Waals surface area contributed by atoms with Crippen LogP contribution >= 0.6 is 0 Å². The van der Waals surface area contributed by atoms with Gasteiger partial charge in [0.2, 0.25) is 0 Å². The average molecular weight is 385 g/mol. The molecule has 0 aromatic heterocycles. The largest absolute Gasteiger partial charge is 2.00 e. The SMILES string of the molecule is [Hg+2].[NH-]c1ccccc1.[NH-]c1ccccc1. The Morgan fingerprint density at radius 1 is 0.533 bits per heavy atom. The van der Waals surface area contributed by atoms with E-state index in [-0.39, 0.29) is 27.7 Å². The summed E-state index contributed by atoms with van der Waals surface area (Å²) in [5, 5.41) is 0. The minimum absolute atomic E-state index is 0. The van der Waals surface area contributed by atoms with E-state index in [1.165, 1.54) is 0 Å². The molecule has 2 nitrogen and oxygen atoms in total. The first-order chi connectivity index (χ1) is 6.79. The quantitative estimate of drug-likeness (QED) is 0.589. The molecule has 0 bridgehead atoms. The molecule has 2 aromatic carbocycles. The first-order valence-corrected chi connectivity index (χ1v) is 4.32. The Labute approximate surface area is 111 Å². The van der Waals surface area contributed by atoms with Crippen LogP contribution in [0.1, 0.15) is 0 Å². The summed E-state index contributed by atoms with van der Waals surface area (Å²) in [7, 11) is 0. The molecule has 0 amide bonds. The molecule has 2 rings (SSSR count). The monoisotopic (exact) mass is 386 g/mol. The second-order valence-electron chi connectivity index (χ2n) is 2.73. The molecule has 0 saturated heterocycles. The zero-order valence-corrected chi connectivity index (χ0v) is 14.0. The van der Waals surface area contributed by atoms with Crippen molar-refractivity contribution in [1.29, 1.82) is 0 Å².